The van der Waals surface area contributed by atoms with Gasteiger partial charge in [-0.1, -0.05) is 0 Å². The van der Waals surface area contributed by atoms with E-state index in [1.54, 1.807) is 4.90 Å². The molecular formula is C13H20N2O4S. The molecule has 3 fully saturated rings. The summed E-state index contributed by atoms with van der Waals surface area (Å²) in [6, 6.07) is -0.454. The van der Waals surface area contributed by atoms with Gasteiger partial charge in [0.2, 0.25) is 11.8 Å². The molecule has 3 rings (SSSR count). The van der Waals surface area contributed by atoms with Gasteiger partial charge in [-0.25, -0.2) is 8.42 Å². The number of hydrogen-bond acceptors (Lipinski definition) is 4. The third kappa shape index (κ3) is 2.43. The van der Waals surface area contributed by atoms with Crippen LogP contribution in [0.3, 0.4) is 0 Å². The van der Waals surface area contributed by atoms with Crippen LogP contribution in [0.5, 0.6) is 0 Å². The monoisotopic (exact) mass is 300 g/mol. The molecule has 0 aromatic heterocycles. The maximum absolute atomic E-state index is 12.7. The molecule has 2 heterocycles. The molecule has 112 valence electrons. The second kappa shape index (κ2) is 4.44. The van der Waals surface area contributed by atoms with Gasteiger partial charge in [0, 0.05) is 13.0 Å². The van der Waals surface area contributed by atoms with Crippen LogP contribution in [0.1, 0.15) is 32.6 Å². The summed E-state index contributed by atoms with van der Waals surface area (Å²) in [4.78, 5) is 26.1. The van der Waals surface area contributed by atoms with Crippen LogP contribution in [0.4, 0.5) is 0 Å². The Morgan fingerprint density at radius 3 is 2.55 bits per heavy atom. The molecule has 0 bridgehead atoms. The zero-order valence-corrected chi connectivity index (χ0v) is 12.4. The lowest BCUT2D eigenvalue weighted by Crippen LogP contribution is -2.55. The summed E-state index contributed by atoms with van der Waals surface area (Å²) in [5.74, 6) is 0.161. The van der Waals surface area contributed by atoms with Gasteiger partial charge < -0.3 is 10.2 Å². The van der Waals surface area contributed by atoms with Gasteiger partial charge in [-0.05, 0) is 32.1 Å². The van der Waals surface area contributed by atoms with Crippen LogP contribution in [0, 0.1) is 5.92 Å². The van der Waals surface area contributed by atoms with E-state index < -0.39 is 21.4 Å². The Hall–Kier alpha value is -1.11. The number of rotatable bonds is 2. The number of nitrogens with one attached hydrogen (secondary N) is 1. The molecule has 2 aliphatic heterocycles. The average molecular weight is 300 g/mol. The first-order chi connectivity index (χ1) is 9.31. The Balaban J connectivity index is 1.87. The molecule has 3 aliphatic rings. The first kappa shape index (κ1) is 13.9. The first-order valence-electron chi connectivity index (χ1n) is 7.12. The van der Waals surface area contributed by atoms with Gasteiger partial charge in [0.25, 0.3) is 0 Å². The van der Waals surface area contributed by atoms with Gasteiger partial charge in [0.05, 0.1) is 17.0 Å². The summed E-state index contributed by atoms with van der Waals surface area (Å²) in [5, 5.41) is 2.80. The average Bonchev–Trinajstić information content (AvgIpc) is 3.13. The molecule has 0 spiro atoms. The summed E-state index contributed by atoms with van der Waals surface area (Å²) < 4.78 is 23.5. The minimum Gasteiger partial charge on any atom is -0.344 e. The van der Waals surface area contributed by atoms with Gasteiger partial charge in [0.15, 0.2) is 9.84 Å². The zero-order chi connectivity index (χ0) is 14.5. The lowest BCUT2D eigenvalue weighted by atomic mass is 9.97. The van der Waals surface area contributed by atoms with Crippen molar-refractivity contribution in [3.05, 3.63) is 0 Å². The van der Waals surface area contributed by atoms with Gasteiger partial charge in [0.1, 0.15) is 6.04 Å². The van der Waals surface area contributed by atoms with Crippen molar-refractivity contribution in [1.29, 1.82) is 0 Å². The van der Waals surface area contributed by atoms with Crippen LogP contribution < -0.4 is 5.32 Å². The molecule has 0 aromatic rings. The topological polar surface area (TPSA) is 83.6 Å². The normalized spacial score (nSPS) is 37.6. The number of nitrogens with zero attached hydrogens (tertiary/aromatic N) is 1. The third-order valence-corrected chi connectivity index (χ3v) is 6.53. The molecule has 0 radical (unpaired) electrons. The van der Waals surface area contributed by atoms with Gasteiger partial charge >= 0.3 is 0 Å². The Morgan fingerprint density at radius 2 is 2.00 bits per heavy atom. The summed E-state index contributed by atoms with van der Waals surface area (Å²) in [7, 11) is -3.07. The van der Waals surface area contributed by atoms with Crippen molar-refractivity contribution >= 4 is 21.7 Å². The van der Waals surface area contributed by atoms with Gasteiger partial charge in [-0.15, -0.1) is 0 Å². The maximum atomic E-state index is 12.7. The molecule has 2 saturated heterocycles. The standard InChI is InChI=1S/C13H20N2O4S/c1-13(5-7-20(18,19)8-13)15-6-4-10(16)14-11(12(15)17)9-2-3-9/h9,11H,2-8H2,1H3,(H,14,16). The Bertz CT molecular complexity index is 555. The molecule has 1 aliphatic carbocycles. The summed E-state index contributed by atoms with van der Waals surface area (Å²) in [6.07, 6.45) is 2.64. The predicted molar refractivity (Wildman–Crippen MR) is 72.7 cm³/mol. The highest BCUT2D eigenvalue weighted by Crippen LogP contribution is 2.37. The molecule has 0 aromatic carbocycles. The van der Waals surface area contributed by atoms with Gasteiger partial charge in [-0.3, -0.25) is 9.59 Å². The molecule has 1 N–H and O–H groups in total. The molecule has 7 heteroatoms. The Morgan fingerprint density at radius 1 is 1.30 bits per heavy atom. The zero-order valence-electron chi connectivity index (χ0n) is 11.6. The smallest absolute Gasteiger partial charge is 0.245 e. The Kier molecular flexibility index (Phi) is 3.08. The number of sulfone groups is 1. The fraction of sp³-hybridized carbons (Fsp3) is 0.846. The number of carbonyl (C=O) groups excluding carboxylic acids is 2. The molecule has 20 heavy (non-hydrogen) atoms. The van der Waals surface area contributed by atoms with E-state index in [0.29, 0.717) is 13.0 Å². The van der Waals surface area contributed by atoms with Crippen LogP contribution >= 0.6 is 0 Å². The number of hydrogen-bond donors (Lipinski definition) is 1. The minimum atomic E-state index is -3.07. The quantitative estimate of drug-likeness (QED) is 0.758. The van der Waals surface area contributed by atoms with Gasteiger partial charge in [-0.2, -0.15) is 0 Å². The second-order valence-corrected chi connectivity index (χ2v) is 8.65. The highest BCUT2D eigenvalue weighted by Gasteiger charge is 2.49. The Labute approximate surface area is 118 Å². The van der Waals surface area contributed by atoms with Crippen LogP contribution in [0.2, 0.25) is 0 Å². The van der Waals surface area contributed by atoms with E-state index in [2.05, 4.69) is 5.32 Å². The predicted octanol–water partition coefficient (Wildman–Crippen LogP) is -0.309. The van der Waals surface area contributed by atoms with Crippen molar-refractivity contribution in [2.45, 2.75) is 44.2 Å². The first-order valence-corrected chi connectivity index (χ1v) is 8.94. The van der Waals surface area contributed by atoms with E-state index in [1.165, 1.54) is 0 Å². The van der Waals surface area contributed by atoms with Crippen LogP contribution in [-0.4, -0.2) is 54.8 Å². The molecule has 6 nitrogen and oxygen atoms in total. The van der Waals surface area contributed by atoms with Crippen LogP contribution in [0.25, 0.3) is 0 Å². The number of amides is 2. The SMILES string of the molecule is CC1(N2CCC(=O)NC(C3CC3)C2=O)CCS(=O)(=O)C1. The minimum absolute atomic E-state index is 0.0112. The summed E-state index contributed by atoms with van der Waals surface area (Å²) in [5.41, 5.74) is -0.657. The fourth-order valence-electron chi connectivity index (χ4n) is 3.29. The molecule has 2 atom stereocenters. The summed E-state index contributed by atoms with van der Waals surface area (Å²) in [6.45, 7) is 2.15. The van der Waals surface area contributed by atoms with Crippen LogP contribution in [0.15, 0.2) is 0 Å². The number of carbonyl (C=O) groups is 2. The maximum Gasteiger partial charge on any atom is 0.245 e. The lowest BCUT2D eigenvalue weighted by Gasteiger charge is -2.38. The van der Waals surface area contributed by atoms with Crippen molar-refractivity contribution in [3.8, 4) is 0 Å². The van der Waals surface area contributed by atoms with E-state index in [9.17, 15) is 18.0 Å². The van der Waals surface area contributed by atoms with E-state index in [-0.39, 0.29) is 35.7 Å². The summed E-state index contributed by atoms with van der Waals surface area (Å²) >= 11 is 0. The second-order valence-electron chi connectivity index (χ2n) is 6.46. The van der Waals surface area contributed by atoms with E-state index in [4.69, 9.17) is 0 Å². The van der Waals surface area contributed by atoms with E-state index in [1.807, 2.05) is 6.92 Å². The highest BCUT2D eigenvalue weighted by atomic mass is 32.2. The lowest BCUT2D eigenvalue weighted by molar-refractivity contribution is -0.138. The van der Waals surface area contributed by atoms with E-state index >= 15 is 0 Å². The molecular weight excluding hydrogens is 280 g/mol. The molecule has 1 saturated carbocycles. The van der Waals surface area contributed by atoms with Crippen LogP contribution in [-0.2, 0) is 19.4 Å². The highest BCUT2D eigenvalue weighted by molar-refractivity contribution is 7.91. The molecule has 2 unspecified atom stereocenters. The fourth-order valence-corrected chi connectivity index (χ4v) is 5.43. The van der Waals surface area contributed by atoms with Crippen molar-refractivity contribution in [3.63, 3.8) is 0 Å². The third-order valence-electron chi connectivity index (χ3n) is 4.64. The van der Waals surface area contributed by atoms with Crippen molar-refractivity contribution in [1.82, 2.24) is 10.2 Å². The molecule has 2 amide bonds. The van der Waals surface area contributed by atoms with Crippen molar-refractivity contribution in [2.75, 3.05) is 18.1 Å². The largest absolute Gasteiger partial charge is 0.344 e. The van der Waals surface area contributed by atoms with Crippen molar-refractivity contribution < 1.29 is 18.0 Å². The van der Waals surface area contributed by atoms with E-state index in [0.717, 1.165) is 12.8 Å². The van der Waals surface area contributed by atoms with Crippen molar-refractivity contribution in [2.24, 2.45) is 5.92 Å².